The lowest BCUT2D eigenvalue weighted by Crippen LogP contribution is -2.09. The molecule has 0 atom stereocenters. The van der Waals surface area contributed by atoms with E-state index in [4.69, 9.17) is 45.9 Å². The van der Waals surface area contributed by atoms with Gasteiger partial charge in [-0.25, -0.2) is 0 Å². The van der Waals surface area contributed by atoms with Crippen LogP contribution in [0.1, 0.15) is 5.56 Å². The number of halogens is 3. The highest BCUT2D eigenvalue weighted by molar-refractivity contribution is 9.10. The van der Waals surface area contributed by atoms with Crippen molar-refractivity contribution in [2.75, 3.05) is 0 Å². The Hall–Kier alpha value is -0.810. The summed E-state index contributed by atoms with van der Waals surface area (Å²) in [6, 6.07) is 10.4. The van der Waals surface area contributed by atoms with E-state index in [0.29, 0.717) is 26.5 Å². The molecule has 0 heterocycles. The summed E-state index contributed by atoms with van der Waals surface area (Å²) in [6.07, 6.45) is 0. The Kier molecular flexibility index (Phi) is 4.68. The first-order valence-corrected chi connectivity index (χ1v) is 7.15. The summed E-state index contributed by atoms with van der Waals surface area (Å²) in [5, 5.41) is 0.998. The maximum absolute atomic E-state index is 6.05. The third-order valence-corrected chi connectivity index (χ3v) is 3.72. The molecule has 0 saturated carbocycles. The minimum Gasteiger partial charge on any atom is -0.455 e. The van der Waals surface area contributed by atoms with E-state index >= 15 is 0 Å². The Morgan fingerprint density at radius 2 is 1.79 bits per heavy atom. The SMILES string of the molecule is NC(=S)c1ccc(Oc2ccc(Cl)cc2Cl)c(Br)c1. The van der Waals surface area contributed by atoms with Gasteiger partial charge >= 0.3 is 0 Å². The first-order chi connectivity index (χ1) is 8.97. The lowest BCUT2D eigenvalue weighted by molar-refractivity contribution is 0.480. The van der Waals surface area contributed by atoms with Crippen LogP contribution in [-0.4, -0.2) is 4.99 Å². The number of hydrogen-bond acceptors (Lipinski definition) is 2. The van der Waals surface area contributed by atoms with Crippen LogP contribution in [0.3, 0.4) is 0 Å². The first kappa shape index (κ1) is 14.6. The summed E-state index contributed by atoms with van der Waals surface area (Å²) < 4.78 is 6.45. The Morgan fingerprint density at radius 3 is 2.37 bits per heavy atom. The van der Waals surface area contributed by atoms with Gasteiger partial charge < -0.3 is 10.5 Å². The van der Waals surface area contributed by atoms with E-state index in [1.165, 1.54) is 0 Å². The van der Waals surface area contributed by atoms with Gasteiger partial charge in [0, 0.05) is 10.6 Å². The predicted octanol–water partition coefficient (Wildman–Crippen LogP) is 5.18. The number of hydrogen-bond donors (Lipinski definition) is 1. The molecule has 19 heavy (non-hydrogen) atoms. The van der Waals surface area contributed by atoms with E-state index in [1.54, 1.807) is 36.4 Å². The molecule has 2 aromatic rings. The molecule has 0 unspecified atom stereocenters. The molecular formula is C13H8BrCl2NOS. The Morgan fingerprint density at radius 1 is 1.11 bits per heavy atom. The van der Waals surface area contributed by atoms with Crippen LogP contribution >= 0.6 is 51.3 Å². The van der Waals surface area contributed by atoms with Crippen molar-refractivity contribution < 1.29 is 4.74 Å². The van der Waals surface area contributed by atoms with Crippen molar-refractivity contribution in [3.8, 4) is 11.5 Å². The Labute approximate surface area is 134 Å². The van der Waals surface area contributed by atoms with Crippen molar-refractivity contribution in [2.24, 2.45) is 5.73 Å². The molecule has 0 bridgehead atoms. The molecule has 6 heteroatoms. The van der Waals surface area contributed by atoms with Crippen molar-refractivity contribution in [1.82, 2.24) is 0 Å². The van der Waals surface area contributed by atoms with E-state index in [0.717, 1.165) is 10.0 Å². The summed E-state index contributed by atoms with van der Waals surface area (Å²) in [5.41, 5.74) is 6.32. The van der Waals surface area contributed by atoms with Crippen LogP contribution in [0.4, 0.5) is 0 Å². The topological polar surface area (TPSA) is 35.2 Å². The smallest absolute Gasteiger partial charge is 0.146 e. The monoisotopic (exact) mass is 375 g/mol. The number of nitrogens with two attached hydrogens (primary N) is 1. The van der Waals surface area contributed by atoms with Gasteiger partial charge in [-0.3, -0.25) is 0 Å². The van der Waals surface area contributed by atoms with Gasteiger partial charge in [0.25, 0.3) is 0 Å². The van der Waals surface area contributed by atoms with Gasteiger partial charge in [0.2, 0.25) is 0 Å². The van der Waals surface area contributed by atoms with Crippen molar-refractivity contribution in [1.29, 1.82) is 0 Å². The summed E-state index contributed by atoms with van der Waals surface area (Å²) in [7, 11) is 0. The lowest BCUT2D eigenvalue weighted by Gasteiger charge is -2.10. The number of rotatable bonds is 3. The highest BCUT2D eigenvalue weighted by atomic mass is 79.9. The fraction of sp³-hybridized carbons (Fsp3) is 0. The fourth-order valence-electron chi connectivity index (χ4n) is 1.41. The van der Waals surface area contributed by atoms with Crippen LogP contribution in [-0.2, 0) is 0 Å². The summed E-state index contributed by atoms with van der Waals surface area (Å²) in [5.74, 6) is 1.14. The second-order valence-corrected chi connectivity index (χ2v) is 5.82. The number of ether oxygens (including phenoxy) is 1. The zero-order valence-corrected chi connectivity index (χ0v) is 13.4. The van der Waals surface area contributed by atoms with Crippen LogP contribution in [0.25, 0.3) is 0 Å². The molecule has 0 radical (unpaired) electrons. The molecule has 0 aliphatic heterocycles. The zero-order chi connectivity index (χ0) is 14.0. The molecule has 0 fully saturated rings. The van der Waals surface area contributed by atoms with Crippen LogP contribution in [0, 0.1) is 0 Å². The highest BCUT2D eigenvalue weighted by Gasteiger charge is 2.08. The molecule has 0 amide bonds. The van der Waals surface area contributed by atoms with E-state index < -0.39 is 0 Å². The van der Waals surface area contributed by atoms with Gasteiger partial charge in [-0.15, -0.1) is 0 Å². The summed E-state index contributed by atoms with van der Waals surface area (Å²) in [4.78, 5) is 0.330. The van der Waals surface area contributed by atoms with E-state index in [9.17, 15) is 0 Å². The van der Waals surface area contributed by atoms with Crippen LogP contribution < -0.4 is 10.5 Å². The second-order valence-electron chi connectivity index (χ2n) is 3.69. The molecule has 2 nitrogen and oxygen atoms in total. The average Bonchev–Trinajstić information content (AvgIpc) is 2.34. The van der Waals surface area contributed by atoms with Gasteiger partial charge in [-0.2, -0.15) is 0 Å². The molecule has 2 aromatic carbocycles. The standard InChI is InChI=1S/C13H8BrCl2NOS/c14-9-5-7(13(17)19)1-3-11(9)18-12-4-2-8(15)6-10(12)16/h1-6H,(H2,17,19). The van der Waals surface area contributed by atoms with E-state index in [2.05, 4.69) is 15.9 Å². The molecule has 0 spiro atoms. The zero-order valence-electron chi connectivity index (χ0n) is 9.49. The van der Waals surface area contributed by atoms with Crippen LogP contribution in [0.2, 0.25) is 10.0 Å². The van der Waals surface area contributed by atoms with Crippen LogP contribution in [0.5, 0.6) is 11.5 Å². The molecule has 98 valence electrons. The van der Waals surface area contributed by atoms with Crippen molar-refractivity contribution >= 4 is 56.3 Å². The van der Waals surface area contributed by atoms with E-state index in [-0.39, 0.29) is 0 Å². The molecule has 2 rings (SSSR count). The lowest BCUT2D eigenvalue weighted by atomic mass is 10.2. The Balaban J connectivity index is 2.31. The quantitative estimate of drug-likeness (QED) is 0.749. The van der Waals surface area contributed by atoms with Crippen molar-refractivity contribution in [3.05, 3.63) is 56.5 Å². The predicted molar refractivity (Wildman–Crippen MR) is 86.6 cm³/mol. The van der Waals surface area contributed by atoms with Gasteiger partial charge in [0.1, 0.15) is 16.5 Å². The largest absolute Gasteiger partial charge is 0.455 e. The molecule has 0 aromatic heterocycles. The molecule has 2 N–H and O–H groups in total. The van der Waals surface area contributed by atoms with Crippen LogP contribution in [0.15, 0.2) is 40.9 Å². The molecule has 0 saturated heterocycles. The number of thiocarbonyl (C=S) groups is 1. The third-order valence-electron chi connectivity index (χ3n) is 2.33. The molecule has 0 aliphatic carbocycles. The van der Waals surface area contributed by atoms with Gasteiger partial charge in [-0.1, -0.05) is 35.4 Å². The van der Waals surface area contributed by atoms with Crippen molar-refractivity contribution in [3.63, 3.8) is 0 Å². The fourth-order valence-corrected chi connectivity index (χ4v) is 2.45. The normalized spacial score (nSPS) is 10.3. The maximum atomic E-state index is 6.05. The Bertz CT molecular complexity index is 649. The highest BCUT2D eigenvalue weighted by Crippen LogP contribution is 2.35. The minimum atomic E-state index is 0.330. The van der Waals surface area contributed by atoms with Gasteiger partial charge in [0.05, 0.1) is 9.50 Å². The number of benzene rings is 2. The van der Waals surface area contributed by atoms with Gasteiger partial charge in [0.15, 0.2) is 0 Å². The van der Waals surface area contributed by atoms with Gasteiger partial charge in [-0.05, 0) is 52.3 Å². The molecular weight excluding hydrogens is 369 g/mol. The van der Waals surface area contributed by atoms with Crippen molar-refractivity contribution in [2.45, 2.75) is 0 Å². The average molecular weight is 377 g/mol. The second kappa shape index (κ2) is 6.09. The minimum absolute atomic E-state index is 0.330. The summed E-state index contributed by atoms with van der Waals surface area (Å²) >= 11 is 20.2. The first-order valence-electron chi connectivity index (χ1n) is 5.19. The third kappa shape index (κ3) is 3.60. The molecule has 0 aliphatic rings. The van der Waals surface area contributed by atoms with E-state index in [1.807, 2.05) is 0 Å². The summed E-state index contributed by atoms with van der Waals surface area (Å²) in [6.45, 7) is 0. The maximum Gasteiger partial charge on any atom is 0.146 e.